The lowest BCUT2D eigenvalue weighted by Gasteiger charge is -2.18. The lowest BCUT2D eigenvalue weighted by atomic mass is 10.0. The molecule has 0 aromatic heterocycles. The standard InChI is InChI=1S/C21H23Br2N/c1-2-3-4-5-6-16-7-11-18(12-8-16)20(22)21(23)19-13-9-17(15-24)10-14-19/h7-14,20-21H,2-6H2,1H3. The van der Waals surface area contributed by atoms with Gasteiger partial charge >= 0.3 is 0 Å². The predicted octanol–water partition coefficient (Wildman–Crippen LogP) is 7.25. The van der Waals surface area contributed by atoms with E-state index in [0.717, 1.165) is 0 Å². The van der Waals surface area contributed by atoms with Crippen molar-refractivity contribution in [3.05, 3.63) is 70.8 Å². The van der Waals surface area contributed by atoms with Gasteiger partial charge in [-0.3, -0.25) is 0 Å². The number of unbranched alkanes of at least 4 members (excludes halogenated alkanes) is 3. The van der Waals surface area contributed by atoms with E-state index in [2.05, 4.69) is 69.1 Å². The number of rotatable bonds is 8. The minimum absolute atomic E-state index is 0.167. The van der Waals surface area contributed by atoms with Gasteiger partial charge < -0.3 is 0 Å². The fourth-order valence-corrected chi connectivity index (χ4v) is 3.92. The van der Waals surface area contributed by atoms with Crippen molar-refractivity contribution in [2.24, 2.45) is 0 Å². The first kappa shape index (κ1) is 19.2. The van der Waals surface area contributed by atoms with E-state index in [1.165, 1.54) is 48.8 Å². The lowest BCUT2D eigenvalue weighted by Crippen LogP contribution is -2.00. The number of nitriles is 1. The molecule has 2 unspecified atom stereocenters. The van der Waals surface area contributed by atoms with Gasteiger partial charge in [-0.1, -0.05) is 94.4 Å². The zero-order valence-electron chi connectivity index (χ0n) is 14.0. The van der Waals surface area contributed by atoms with Gasteiger partial charge in [-0.2, -0.15) is 5.26 Å². The minimum Gasteiger partial charge on any atom is -0.192 e. The van der Waals surface area contributed by atoms with Crippen LogP contribution < -0.4 is 0 Å². The third-order valence-corrected chi connectivity index (χ3v) is 7.06. The van der Waals surface area contributed by atoms with Gasteiger partial charge in [0.1, 0.15) is 0 Å². The number of hydrogen-bond donors (Lipinski definition) is 0. The molecule has 0 radical (unpaired) electrons. The second kappa shape index (κ2) is 10.0. The lowest BCUT2D eigenvalue weighted by molar-refractivity contribution is 0.667. The Morgan fingerprint density at radius 1 is 0.833 bits per heavy atom. The molecule has 0 aliphatic rings. The topological polar surface area (TPSA) is 23.8 Å². The summed E-state index contributed by atoms with van der Waals surface area (Å²) in [5.41, 5.74) is 4.54. The van der Waals surface area contributed by atoms with Crippen LogP contribution in [0.3, 0.4) is 0 Å². The first-order valence-corrected chi connectivity index (χ1v) is 10.4. The number of hydrogen-bond acceptors (Lipinski definition) is 1. The summed E-state index contributed by atoms with van der Waals surface area (Å²) in [6, 6.07) is 18.8. The monoisotopic (exact) mass is 447 g/mol. The molecule has 3 heteroatoms. The number of nitrogens with zero attached hydrogens (tertiary/aromatic N) is 1. The quantitative estimate of drug-likeness (QED) is 0.308. The van der Waals surface area contributed by atoms with E-state index < -0.39 is 0 Å². The van der Waals surface area contributed by atoms with Gasteiger partial charge in [0, 0.05) is 0 Å². The summed E-state index contributed by atoms with van der Waals surface area (Å²) in [6.45, 7) is 2.25. The van der Waals surface area contributed by atoms with E-state index in [1.54, 1.807) is 0 Å². The molecule has 0 heterocycles. The largest absolute Gasteiger partial charge is 0.192 e. The Morgan fingerprint density at radius 3 is 1.88 bits per heavy atom. The molecule has 0 aliphatic carbocycles. The Kier molecular flexibility index (Phi) is 8.02. The number of halogens is 2. The van der Waals surface area contributed by atoms with Crippen molar-refractivity contribution in [2.45, 2.75) is 48.7 Å². The summed E-state index contributed by atoms with van der Waals surface area (Å²) in [7, 11) is 0. The van der Waals surface area contributed by atoms with Crippen LogP contribution in [0.1, 0.15) is 64.5 Å². The van der Waals surface area contributed by atoms with Crippen LogP contribution in [-0.2, 0) is 6.42 Å². The molecule has 126 valence electrons. The predicted molar refractivity (Wildman–Crippen MR) is 109 cm³/mol. The van der Waals surface area contributed by atoms with Gasteiger partial charge in [-0.15, -0.1) is 0 Å². The summed E-state index contributed by atoms with van der Waals surface area (Å²) in [6.07, 6.45) is 6.38. The zero-order valence-corrected chi connectivity index (χ0v) is 17.2. The molecule has 0 spiro atoms. The third-order valence-electron chi connectivity index (χ3n) is 4.23. The highest BCUT2D eigenvalue weighted by atomic mass is 79.9. The van der Waals surface area contributed by atoms with Gasteiger partial charge in [0.25, 0.3) is 0 Å². The maximum atomic E-state index is 8.90. The summed E-state index contributed by atoms with van der Waals surface area (Å²) in [5.74, 6) is 0. The van der Waals surface area contributed by atoms with Crippen molar-refractivity contribution in [2.75, 3.05) is 0 Å². The molecule has 1 nitrogen and oxygen atoms in total. The number of aryl methyl sites for hydroxylation is 1. The zero-order chi connectivity index (χ0) is 17.4. The first-order valence-electron chi connectivity index (χ1n) is 8.52. The smallest absolute Gasteiger partial charge is 0.0991 e. The molecule has 0 N–H and O–H groups in total. The Morgan fingerprint density at radius 2 is 1.38 bits per heavy atom. The van der Waals surface area contributed by atoms with E-state index in [-0.39, 0.29) is 9.65 Å². The van der Waals surface area contributed by atoms with Crippen LogP contribution in [0, 0.1) is 11.3 Å². The van der Waals surface area contributed by atoms with Crippen molar-refractivity contribution in [3.63, 3.8) is 0 Å². The first-order chi connectivity index (χ1) is 11.7. The highest BCUT2D eigenvalue weighted by Crippen LogP contribution is 2.42. The number of benzene rings is 2. The maximum Gasteiger partial charge on any atom is 0.0991 e. The molecular weight excluding hydrogens is 426 g/mol. The van der Waals surface area contributed by atoms with Gasteiger partial charge in [-0.05, 0) is 41.7 Å². The Balaban J connectivity index is 1.98. The summed E-state index contributed by atoms with van der Waals surface area (Å²) in [4.78, 5) is 0.361. The summed E-state index contributed by atoms with van der Waals surface area (Å²) in [5, 5.41) is 8.90. The molecule has 0 saturated heterocycles. The van der Waals surface area contributed by atoms with Gasteiger partial charge in [-0.25, -0.2) is 0 Å². The second-order valence-corrected chi connectivity index (χ2v) is 8.06. The fourth-order valence-electron chi connectivity index (χ4n) is 2.70. The van der Waals surface area contributed by atoms with Crippen LogP contribution >= 0.6 is 31.9 Å². The molecule has 2 aromatic carbocycles. The molecule has 2 aromatic rings. The molecule has 2 atom stereocenters. The Bertz CT molecular complexity index is 656. The van der Waals surface area contributed by atoms with Crippen molar-refractivity contribution < 1.29 is 0 Å². The highest BCUT2D eigenvalue weighted by Gasteiger charge is 2.19. The van der Waals surface area contributed by atoms with Crippen molar-refractivity contribution in [3.8, 4) is 6.07 Å². The second-order valence-electron chi connectivity index (χ2n) is 6.09. The molecule has 0 amide bonds. The summed E-state index contributed by atoms with van der Waals surface area (Å²) >= 11 is 7.59. The third kappa shape index (κ3) is 5.46. The van der Waals surface area contributed by atoms with E-state index in [4.69, 9.17) is 5.26 Å². The van der Waals surface area contributed by atoms with Crippen LogP contribution in [0.5, 0.6) is 0 Å². The Labute approximate surface area is 162 Å². The van der Waals surface area contributed by atoms with Crippen molar-refractivity contribution >= 4 is 31.9 Å². The van der Waals surface area contributed by atoms with E-state index >= 15 is 0 Å². The van der Waals surface area contributed by atoms with Gasteiger partial charge in [0.2, 0.25) is 0 Å². The summed E-state index contributed by atoms with van der Waals surface area (Å²) < 4.78 is 0. The van der Waals surface area contributed by atoms with Gasteiger partial charge in [0.15, 0.2) is 0 Å². The SMILES string of the molecule is CCCCCCc1ccc(C(Br)C(Br)c2ccc(C#N)cc2)cc1. The molecule has 0 bridgehead atoms. The van der Waals surface area contributed by atoms with Crippen LogP contribution in [0.15, 0.2) is 48.5 Å². The average molecular weight is 449 g/mol. The highest BCUT2D eigenvalue weighted by molar-refractivity contribution is 9.12. The van der Waals surface area contributed by atoms with Crippen LogP contribution in [0.25, 0.3) is 0 Å². The van der Waals surface area contributed by atoms with Crippen molar-refractivity contribution in [1.82, 2.24) is 0 Å². The molecule has 0 aliphatic heterocycles. The van der Waals surface area contributed by atoms with Gasteiger partial charge in [0.05, 0.1) is 21.3 Å². The van der Waals surface area contributed by atoms with E-state index in [9.17, 15) is 0 Å². The minimum atomic E-state index is 0.167. The number of alkyl halides is 2. The van der Waals surface area contributed by atoms with Crippen LogP contribution in [0.4, 0.5) is 0 Å². The van der Waals surface area contributed by atoms with Crippen LogP contribution in [-0.4, -0.2) is 0 Å². The molecule has 24 heavy (non-hydrogen) atoms. The molecule has 2 rings (SSSR count). The van der Waals surface area contributed by atoms with Crippen molar-refractivity contribution in [1.29, 1.82) is 5.26 Å². The van der Waals surface area contributed by atoms with E-state index in [0.29, 0.717) is 5.56 Å². The average Bonchev–Trinajstić information content (AvgIpc) is 2.64. The van der Waals surface area contributed by atoms with E-state index in [1.807, 2.05) is 24.3 Å². The van der Waals surface area contributed by atoms with Crippen LogP contribution in [0.2, 0.25) is 0 Å². The maximum absolute atomic E-state index is 8.90. The Hall–Kier alpha value is -1.11. The fraction of sp³-hybridized carbons (Fsp3) is 0.381. The molecule has 0 fully saturated rings. The molecule has 0 saturated carbocycles. The molecular formula is C21H23Br2N. The normalized spacial score (nSPS) is 13.2.